The molecular formula is C23H28N6O. The molecule has 1 aliphatic rings. The summed E-state index contributed by atoms with van der Waals surface area (Å²) in [5.41, 5.74) is 1.10. The molecule has 0 spiro atoms. The Balaban J connectivity index is 1.37. The molecule has 4 rings (SSSR count). The van der Waals surface area contributed by atoms with E-state index in [1.54, 1.807) is 17.1 Å². The molecule has 7 nitrogen and oxygen atoms in total. The molecule has 1 aliphatic heterocycles. The van der Waals surface area contributed by atoms with Gasteiger partial charge in [-0.1, -0.05) is 18.2 Å². The van der Waals surface area contributed by atoms with Crippen LogP contribution in [0.2, 0.25) is 0 Å². The Morgan fingerprint density at radius 2 is 1.97 bits per heavy atom. The average molecular weight is 405 g/mol. The third-order valence-electron chi connectivity index (χ3n) is 5.08. The SMILES string of the molecule is CCNC(=NCc1ccnc(-n2cccn2)c1)N1CCC(Oc2ccccc2)CC1. The van der Waals surface area contributed by atoms with Gasteiger partial charge in [0, 0.05) is 51.1 Å². The number of aliphatic imine (C=N–C) groups is 1. The van der Waals surface area contributed by atoms with E-state index in [9.17, 15) is 0 Å². The van der Waals surface area contributed by atoms with Gasteiger partial charge in [-0.3, -0.25) is 0 Å². The largest absolute Gasteiger partial charge is 0.490 e. The Bertz CT molecular complexity index is 933. The number of piperidine rings is 1. The Morgan fingerprint density at radius 1 is 1.13 bits per heavy atom. The van der Waals surface area contributed by atoms with Gasteiger partial charge in [0.2, 0.25) is 0 Å². The number of nitrogens with one attached hydrogen (secondary N) is 1. The molecule has 156 valence electrons. The average Bonchev–Trinajstić information content (AvgIpc) is 3.33. The third kappa shape index (κ3) is 5.17. The first kappa shape index (κ1) is 19.9. The summed E-state index contributed by atoms with van der Waals surface area (Å²) < 4.78 is 7.88. The fourth-order valence-electron chi connectivity index (χ4n) is 3.56. The van der Waals surface area contributed by atoms with Gasteiger partial charge >= 0.3 is 0 Å². The Labute approximate surface area is 177 Å². The molecule has 0 unspecified atom stereocenters. The smallest absolute Gasteiger partial charge is 0.194 e. The molecular weight excluding hydrogens is 376 g/mol. The molecule has 1 fully saturated rings. The molecule has 3 heterocycles. The lowest BCUT2D eigenvalue weighted by Crippen LogP contribution is -2.47. The van der Waals surface area contributed by atoms with E-state index in [0.717, 1.165) is 55.6 Å². The first-order chi connectivity index (χ1) is 14.8. The number of hydrogen-bond acceptors (Lipinski definition) is 4. The molecule has 1 saturated heterocycles. The highest BCUT2D eigenvalue weighted by Gasteiger charge is 2.22. The summed E-state index contributed by atoms with van der Waals surface area (Å²) in [7, 11) is 0. The van der Waals surface area contributed by atoms with Crippen molar-refractivity contribution in [2.75, 3.05) is 19.6 Å². The molecule has 0 aliphatic carbocycles. The van der Waals surface area contributed by atoms with Gasteiger partial charge in [-0.2, -0.15) is 5.10 Å². The van der Waals surface area contributed by atoms with Crippen LogP contribution in [0.5, 0.6) is 5.75 Å². The number of aromatic nitrogens is 3. The van der Waals surface area contributed by atoms with Crippen molar-refractivity contribution < 1.29 is 4.74 Å². The maximum atomic E-state index is 6.12. The molecule has 7 heteroatoms. The first-order valence-corrected chi connectivity index (χ1v) is 10.5. The zero-order valence-electron chi connectivity index (χ0n) is 17.3. The normalized spacial score (nSPS) is 15.2. The van der Waals surface area contributed by atoms with Gasteiger partial charge < -0.3 is 15.0 Å². The number of pyridine rings is 1. The van der Waals surface area contributed by atoms with E-state index < -0.39 is 0 Å². The molecule has 0 saturated carbocycles. The zero-order valence-corrected chi connectivity index (χ0v) is 17.3. The summed E-state index contributed by atoms with van der Waals surface area (Å²) >= 11 is 0. The van der Waals surface area contributed by atoms with Crippen molar-refractivity contribution in [3.8, 4) is 11.6 Å². The lowest BCUT2D eigenvalue weighted by molar-refractivity contribution is 0.129. The minimum atomic E-state index is 0.253. The van der Waals surface area contributed by atoms with Crippen LogP contribution < -0.4 is 10.1 Å². The monoisotopic (exact) mass is 404 g/mol. The van der Waals surface area contributed by atoms with Crippen LogP contribution in [0.25, 0.3) is 5.82 Å². The van der Waals surface area contributed by atoms with Crippen LogP contribution in [0.4, 0.5) is 0 Å². The minimum absolute atomic E-state index is 0.253. The second-order valence-corrected chi connectivity index (χ2v) is 7.26. The van der Waals surface area contributed by atoms with E-state index in [-0.39, 0.29) is 6.10 Å². The van der Waals surface area contributed by atoms with Crippen molar-refractivity contribution in [3.05, 3.63) is 72.7 Å². The maximum absolute atomic E-state index is 6.12. The lowest BCUT2D eigenvalue weighted by atomic mass is 10.1. The Morgan fingerprint density at radius 3 is 2.70 bits per heavy atom. The van der Waals surface area contributed by atoms with Crippen LogP contribution in [0.3, 0.4) is 0 Å². The third-order valence-corrected chi connectivity index (χ3v) is 5.08. The summed E-state index contributed by atoms with van der Waals surface area (Å²) in [6.45, 7) is 5.40. The van der Waals surface area contributed by atoms with Gasteiger partial charge in [0.05, 0.1) is 6.54 Å². The van der Waals surface area contributed by atoms with Crippen molar-refractivity contribution in [2.24, 2.45) is 4.99 Å². The summed E-state index contributed by atoms with van der Waals surface area (Å²) in [5, 5.41) is 7.68. The summed E-state index contributed by atoms with van der Waals surface area (Å²) in [6.07, 6.45) is 7.67. The highest BCUT2D eigenvalue weighted by molar-refractivity contribution is 5.80. The number of likely N-dealkylation sites (tertiary alicyclic amines) is 1. The summed E-state index contributed by atoms with van der Waals surface area (Å²) in [4.78, 5) is 11.6. The van der Waals surface area contributed by atoms with Gasteiger partial charge in [0.1, 0.15) is 11.9 Å². The van der Waals surface area contributed by atoms with E-state index in [1.807, 2.05) is 54.7 Å². The second kappa shape index (κ2) is 9.91. The van der Waals surface area contributed by atoms with Crippen LogP contribution >= 0.6 is 0 Å². The van der Waals surface area contributed by atoms with E-state index in [4.69, 9.17) is 9.73 Å². The molecule has 1 N–H and O–H groups in total. The van der Waals surface area contributed by atoms with Crippen molar-refractivity contribution >= 4 is 5.96 Å². The molecule has 1 aromatic carbocycles. The minimum Gasteiger partial charge on any atom is -0.490 e. The Hall–Kier alpha value is -3.35. The fourth-order valence-corrected chi connectivity index (χ4v) is 3.56. The van der Waals surface area contributed by atoms with Gasteiger partial charge in [-0.15, -0.1) is 0 Å². The number of hydrogen-bond donors (Lipinski definition) is 1. The molecule has 0 bridgehead atoms. The lowest BCUT2D eigenvalue weighted by Gasteiger charge is -2.34. The molecule has 3 aromatic rings. The predicted octanol–water partition coefficient (Wildman–Crippen LogP) is 3.28. The zero-order chi connectivity index (χ0) is 20.6. The maximum Gasteiger partial charge on any atom is 0.194 e. The van der Waals surface area contributed by atoms with Crippen molar-refractivity contribution in [2.45, 2.75) is 32.4 Å². The second-order valence-electron chi connectivity index (χ2n) is 7.26. The number of benzene rings is 1. The van der Waals surface area contributed by atoms with Gasteiger partial charge in [0.15, 0.2) is 11.8 Å². The summed E-state index contributed by atoms with van der Waals surface area (Å²) in [5.74, 6) is 2.70. The number of ether oxygens (including phenoxy) is 1. The molecule has 30 heavy (non-hydrogen) atoms. The number of nitrogens with zero attached hydrogens (tertiary/aromatic N) is 5. The first-order valence-electron chi connectivity index (χ1n) is 10.5. The van der Waals surface area contributed by atoms with Crippen LogP contribution in [-0.2, 0) is 6.54 Å². The van der Waals surface area contributed by atoms with Gasteiger partial charge in [-0.25, -0.2) is 14.7 Å². The van der Waals surface area contributed by atoms with E-state index >= 15 is 0 Å². The number of para-hydroxylation sites is 1. The van der Waals surface area contributed by atoms with Crippen LogP contribution in [-0.4, -0.2) is 51.4 Å². The number of rotatable bonds is 6. The van der Waals surface area contributed by atoms with Crippen molar-refractivity contribution in [1.29, 1.82) is 0 Å². The molecule has 0 atom stereocenters. The van der Waals surface area contributed by atoms with Crippen LogP contribution in [0.15, 0.2) is 72.1 Å². The quantitative estimate of drug-likeness (QED) is 0.504. The fraction of sp³-hybridized carbons (Fsp3) is 0.348. The summed E-state index contributed by atoms with van der Waals surface area (Å²) in [6, 6.07) is 16.0. The Kier molecular flexibility index (Phi) is 6.59. The number of guanidine groups is 1. The topological polar surface area (TPSA) is 67.6 Å². The predicted molar refractivity (Wildman–Crippen MR) is 118 cm³/mol. The molecule has 0 radical (unpaired) electrons. The molecule has 0 amide bonds. The van der Waals surface area contributed by atoms with Crippen molar-refractivity contribution in [3.63, 3.8) is 0 Å². The van der Waals surface area contributed by atoms with E-state index in [1.165, 1.54) is 0 Å². The van der Waals surface area contributed by atoms with Crippen molar-refractivity contribution in [1.82, 2.24) is 25.0 Å². The van der Waals surface area contributed by atoms with E-state index in [0.29, 0.717) is 6.54 Å². The van der Waals surface area contributed by atoms with E-state index in [2.05, 4.69) is 27.2 Å². The van der Waals surface area contributed by atoms with Gasteiger partial charge in [0.25, 0.3) is 0 Å². The van der Waals surface area contributed by atoms with Crippen LogP contribution in [0, 0.1) is 0 Å². The van der Waals surface area contributed by atoms with Crippen LogP contribution in [0.1, 0.15) is 25.3 Å². The van der Waals surface area contributed by atoms with Gasteiger partial charge in [-0.05, 0) is 42.8 Å². The molecule has 2 aromatic heterocycles. The standard InChI is InChI=1S/C23H28N6O/c1-2-24-23(26-18-19-9-13-25-22(17-19)29-14-6-12-27-29)28-15-10-21(11-16-28)30-20-7-4-3-5-8-20/h3-9,12-14,17,21H,2,10-11,15-16,18H2,1H3,(H,24,26). The highest BCUT2D eigenvalue weighted by atomic mass is 16.5. The highest BCUT2D eigenvalue weighted by Crippen LogP contribution is 2.19.